The molecule has 3 aromatic rings. The van der Waals surface area contributed by atoms with E-state index in [1.807, 2.05) is 72.8 Å². The van der Waals surface area contributed by atoms with E-state index in [1.165, 1.54) is 40.9 Å². The maximum absolute atomic E-state index is 13.7. The van der Waals surface area contributed by atoms with Crippen LogP contribution >= 0.6 is 34.4 Å². The molecule has 2 heterocycles. The number of halogens is 1. The molecule has 0 radical (unpaired) electrons. The van der Waals surface area contributed by atoms with Crippen LogP contribution in [0.15, 0.2) is 84.9 Å². The topological polar surface area (TPSA) is 150 Å². The smallest absolute Gasteiger partial charge is 0.459 e. The van der Waals surface area contributed by atoms with Crippen LogP contribution in [0.3, 0.4) is 0 Å². The number of alkyl carbamates (subject to hydrolysis) is 1. The molecule has 1 unspecified atom stereocenters. The Labute approximate surface area is 289 Å². The number of carbonyl (C=O) groups is 5. The summed E-state index contributed by atoms with van der Waals surface area (Å²) in [7, 11) is 0. The average Bonchev–Trinajstić information content (AvgIpc) is 3.32. The number of amides is 3. The third kappa shape index (κ3) is 8.16. The number of carbonyl (C=O) groups excluding carboxylic acids is 5. The van der Waals surface area contributed by atoms with Crippen molar-refractivity contribution >= 4 is 64.4 Å². The number of β-lactam (4-membered cyclic amide) rings is 1. The second-order valence-electron chi connectivity index (χ2n) is 11.2. The van der Waals surface area contributed by atoms with Gasteiger partial charge in [0, 0.05) is 4.75 Å². The molecule has 0 aromatic heterocycles. The summed E-state index contributed by atoms with van der Waals surface area (Å²) in [4.78, 5) is 66.3. The zero-order valence-corrected chi connectivity index (χ0v) is 28.4. The van der Waals surface area contributed by atoms with E-state index in [0.717, 1.165) is 11.1 Å². The first kappa shape index (κ1) is 34.0. The molecule has 4 atom stereocenters. The Kier molecular flexibility index (Phi) is 10.9. The molecule has 12 nitrogen and oxygen atoms in total. The number of fused-ring (bicyclic) bond motifs is 1. The van der Waals surface area contributed by atoms with Crippen molar-refractivity contribution in [1.29, 1.82) is 0 Å². The Balaban J connectivity index is 1.27. The van der Waals surface area contributed by atoms with Gasteiger partial charge in [-0.25, -0.2) is 14.4 Å². The summed E-state index contributed by atoms with van der Waals surface area (Å²) in [5.41, 5.74) is 1.91. The molecule has 47 heavy (non-hydrogen) atoms. The largest absolute Gasteiger partial charge is 0.514 e. The summed E-state index contributed by atoms with van der Waals surface area (Å²) in [6.45, 7) is 3.74. The summed E-state index contributed by atoms with van der Waals surface area (Å²) in [5, 5.41) is 4.80. The van der Waals surface area contributed by atoms with Gasteiger partial charge in [0.05, 0.1) is 0 Å². The van der Waals surface area contributed by atoms with Gasteiger partial charge in [0.1, 0.15) is 47.1 Å². The lowest BCUT2D eigenvalue weighted by Crippen LogP contribution is -2.71. The van der Waals surface area contributed by atoms with Crippen molar-refractivity contribution in [3.05, 3.63) is 102 Å². The molecule has 2 saturated heterocycles. The molecular weight excluding hydrogens is 741 g/mol. The molecule has 2 N–H and O–H groups in total. The minimum atomic E-state index is -1.28. The van der Waals surface area contributed by atoms with E-state index in [2.05, 4.69) is 10.6 Å². The fraction of sp³-hybridized carbons (Fsp3) is 0.303. The quantitative estimate of drug-likeness (QED) is 0.0692. The number of ether oxygens (including phenoxy) is 4. The molecule has 3 aromatic carbocycles. The molecule has 0 spiro atoms. The van der Waals surface area contributed by atoms with Gasteiger partial charge in [0.25, 0.3) is 0 Å². The number of rotatable bonds is 11. The summed E-state index contributed by atoms with van der Waals surface area (Å²) in [6, 6.07) is 21.1. The first-order chi connectivity index (χ1) is 22.6. The van der Waals surface area contributed by atoms with Crippen LogP contribution in [-0.2, 0) is 41.8 Å². The van der Waals surface area contributed by atoms with Gasteiger partial charge in [0.15, 0.2) is 0 Å². The van der Waals surface area contributed by atoms with Gasteiger partial charge < -0.3 is 34.5 Å². The number of hydrogen-bond acceptors (Lipinski definition) is 10. The van der Waals surface area contributed by atoms with E-state index < -0.39 is 58.3 Å². The van der Waals surface area contributed by atoms with E-state index in [-0.39, 0.29) is 23.6 Å². The number of esters is 1. The third-order valence-electron chi connectivity index (χ3n) is 7.51. The van der Waals surface area contributed by atoms with Gasteiger partial charge in [0.2, 0.25) is 11.8 Å². The minimum Gasteiger partial charge on any atom is -0.459 e. The van der Waals surface area contributed by atoms with Crippen LogP contribution in [0.1, 0.15) is 36.6 Å². The van der Waals surface area contributed by atoms with Crippen molar-refractivity contribution in [1.82, 2.24) is 15.5 Å². The highest BCUT2D eigenvalue weighted by atomic mass is 127. The molecule has 14 heteroatoms. The third-order valence-corrected chi connectivity index (χ3v) is 9.39. The standard InChI is InChI=1S/C33H32IN3O9S/c1-33(2)26(30(40)43-17-20-9-5-3-6-10-20)37-28(39)25(29(37)47-33)35-27(38)24(36-31(41)44-18-21-11-7-4-8-12-21)22-13-15-23(16-14-22)46-32(42)45-19-34/h3-16,24-26,29H,17-19H2,1-2H3,(H,35,38)(H,36,41)/t24?,25-,26+,29-/m1/s1. The molecule has 2 aliphatic rings. The fourth-order valence-corrected chi connectivity index (χ4v) is 7.13. The predicted octanol–water partition coefficient (Wildman–Crippen LogP) is 4.85. The van der Waals surface area contributed by atoms with Gasteiger partial charge in [-0.1, -0.05) is 72.8 Å². The number of hydrogen-bond donors (Lipinski definition) is 2. The molecule has 0 aliphatic carbocycles. The van der Waals surface area contributed by atoms with Crippen molar-refractivity contribution in [3.63, 3.8) is 0 Å². The highest BCUT2D eigenvalue weighted by molar-refractivity contribution is 14.1. The second kappa shape index (κ2) is 15.1. The Morgan fingerprint density at radius 1 is 0.872 bits per heavy atom. The van der Waals surface area contributed by atoms with E-state index in [0.29, 0.717) is 5.56 Å². The molecule has 5 rings (SSSR count). The normalized spacial score (nSPS) is 19.8. The maximum Gasteiger partial charge on any atom is 0.514 e. The maximum atomic E-state index is 13.7. The lowest BCUT2D eigenvalue weighted by atomic mass is 9.95. The first-order valence-electron chi connectivity index (χ1n) is 14.6. The molecule has 0 bridgehead atoms. The predicted molar refractivity (Wildman–Crippen MR) is 179 cm³/mol. The van der Waals surface area contributed by atoms with Gasteiger partial charge in [-0.15, -0.1) is 11.8 Å². The zero-order chi connectivity index (χ0) is 33.6. The van der Waals surface area contributed by atoms with Gasteiger partial charge >= 0.3 is 18.2 Å². The molecule has 246 valence electrons. The number of thioether (sulfide) groups is 1. The van der Waals surface area contributed by atoms with E-state index in [4.69, 9.17) is 18.9 Å². The average molecular weight is 774 g/mol. The molecule has 3 amide bonds. The van der Waals surface area contributed by atoms with Gasteiger partial charge in [-0.05, 0) is 65.3 Å². The van der Waals surface area contributed by atoms with Crippen LogP contribution in [0, 0.1) is 0 Å². The summed E-state index contributed by atoms with van der Waals surface area (Å²) < 4.78 is 20.2. The highest BCUT2D eigenvalue weighted by Crippen LogP contribution is 2.51. The summed E-state index contributed by atoms with van der Waals surface area (Å²) >= 11 is 3.24. The van der Waals surface area contributed by atoms with E-state index in [1.54, 1.807) is 24.3 Å². The van der Waals surface area contributed by atoms with Crippen molar-refractivity contribution in [2.24, 2.45) is 0 Å². The monoisotopic (exact) mass is 773 g/mol. The van der Waals surface area contributed by atoms with Crippen LogP contribution in [-0.4, -0.2) is 61.8 Å². The fourth-order valence-electron chi connectivity index (χ4n) is 5.25. The van der Waals surface area contributed by atoms with Crippen LogP contribution in [0.5, 0.6) is 5.75 Å². The minimum absolute atomic E-state index is 0.0294. The van der Waals surface area contributed by atoms with Crippen molar-refractivity contribution in [3.8, 4) is 5.75 Å². The number of nitrogens with zero attached hydrogens (tertiary/aromatic N) is 1. The number of alkyl halides is 1. The Morgan fingerprint density at radius 3 is 2.06 bits per heavy atom. The summed E-state index contributed by atoms with van der Waals surface area (Å²) in [5.74, 6) is -1.48. The lowest BCUT2D eigenvalue weighted by Gasteiger charge is -2.44. The Morgan fingerprint density at radius 2 is 1.47 bits per heavy atom. The van der Waals surface area contributed by atoms with Crippen LogP contribution in [0.4, 0.5) is 9.59 Å². The second-order valence-corrected chi connectivity index (χ2v) is 13.5. The van der Waals surface area contributed by atoms with Crippen LogP contribution < -0.4 is 15.4 Å². The van der Waals surface area contributed by atoms with Crippen molar-refractivity contribution in [2.45, 2.75) is 55.3 Å². The molecular formula is C33H32IN3O9S. The first-order valence-corrected chi connectivity index (χ1v) is 17.0. The number of nitrogens with one attached hydrogen (secondary N) is 2. The zero-order valence-electron chi connectivity index (χ0n) is 25.4. The number of benzene rings is 3. The van der Waals surface area contributed by atoms with Crippen molar-refractivity contribution < 1.29 is 42.9 Å². The Bertz CT molecular complexity index is 1610. The molecule has 2 fully saturated rings. The van der Waals surface area contributed by atoms with Crippen LogP contribution in [0.25, 0.3) is 0 Å². The van der Waals surface area contributed by atoms with E-state index in [9.17, 15) is 24.0 Å². The van der Waals surface area contributed by atoms with Gasteiger partial charge in [-0.3, -0.25) is 9.59 Å². The Hall–Kier alpha value is -4.31. The highest BCUT2D eigenvalue weighted by Gasteiger charge is 2.64. The SMILES string of the molecule is CC1(C)S[C@@H]2[C@H](NC(=O)C(NC(=O)OCc3ccccc3)c3ccc(OC(=O)OCI)cc3)C(=O)N2[C@H]1C(=O)OCc1ccccc1. The lowest BCUT2D eigenvalue weighted by molar-refractivity contribution is -0.165. The molecule has 2 aliphatic heterocycles. The van der Waals surface area contributed by atoms with Crippen molar-refractivity contribution in [2.75, 3.05) is 4.61 Å². The van der Waals surface area contributed by atoms with Gasteiger partial charge in [-0.2, -0.15) is 0 Å². The summed E-state index contributed by atoms with van der Waals surface area (Å²) in [6.07, 6.45) is -1.75. The van der Waals surface area contributed by atoms with E-state index >= 15 is 0 Å². The van der Waals surface area contributed by atoms with Crippen LogP contribution in [0.2, 0.25) is 0 Å². The molecule has 0 saturated carbocycles.